The minimum Gasteiger partial charge on any atom is -0.497 e. The molecule has 2 N–H and O–H groups in total. The number of nitrogens with two attached hydrogens (primary N) is 1. The molecule has 0 spiro atoms. The molecule has 6 heteroatoms. The Morgan fingerprint density at radius 2 is 1.86 bits per heavy atom. The average molecular weight is 293 g/mol. The summed E-state index contributed by atoms with van der Waals surface area (Å²) in [6.45, 7) is 3.46. The minimum absolute atomic E-state index is 0.0135. The predicted octanol–water partition coefficient (Wildman–Crippen LogP) is 1.36. The van der Waals surface area contributed by atoms with E-state index in [9.17, 15) is 9.59 Å². The first-order chi connectivity index (χ1) is 9.97. The Bertz CT molecular complexity index is 509. The zero-order valence-corrected chi connectivity index (χ0v) is 12.1. The number of benzene rings is 1. The summed E-state index contributed by atoms with van der Waals surface area (Å²) in [5.74, 6) is -0.488. The van der Waals surface area contributed by atoms with Crippen molar-refractivity contribution in [3.8, 4) is 5.75 Å². The number of esters is 2. The number of rotatable bonds is 7. The lowest BCUT2D eigenvalue weighted by Crippen LogP contribution is -2.20. The monoisotopic (exact) mass is 293 g/mol. The molecule has 0 saturated heterocycles. The Hall–Kier alpha value is -2.34. The molecule has 1 rings (SSSR count). The van der Waals surface area contributed by atoms with Gasteiger partial charge >= 0.3 is 11.9 Å². The highest BCUT2D eigenvalue weighted by Crippen LogP contribution is 2.16. The van der Waals surface area contributed by atoms with E-state index >= 15 is 0 Å². The molecular weight excluding hydrogens is 274 g/mol. The number of ether oxygens (including phenoxy) is 3. The smallest absolute Gasteiger partial charge is 0.333 e. The van der Waals surface area contributed by atoms with Gasteiger partial charge in [0, 0.05) is 5.57 Å². The highest BCUT2D eigenvalue weighted by atomic mass is 16.5. The number of hydrogen-bond acceptors (Lipinski definition) is 6. The Morgan fingerprint density at radius 3 is 2.38 bits per heavy atom. The third kappa shape index (κ3) is 5.27. The Balaban J connectivity index is 2.44. The van der Waals surface area contributed by atoms with E-state index in [0.717, 1.165) is 11.3 Å². The molecule has 1 atom stereocenters. The molecule has 0 unspecified atom stereocenters. The van der Waals surface area contributed by atoms with Gasteiger partial charge in [0.05, 0.1) is 26.7 Å². The topological polar surface area (TPSA) is 87.9 Å². The summed E-state index contributed by atoms with van der Waals surface area (Å²) < 4.78 is 14.5. The molecule has 0 aliphatic rings. The van der Waals surface area contributed by atoms with Crippen molar-refractivity contribution in [1.82, 2.24) is 0 Å². The van der Waals surface area contributed by atoms with Crippen LogP contribution in [-0.2, 0) is 19.1 Å². The molecule has 1 aromatic carbocycles. The quantitative estimate of drug-likeness (QED) is 0.603. The summed E-state index contributed by atoms with van der Waals surface area (Å²) in [6.07, 6.45) is -0.220. The van der Waals surface area contributed by atoms with Crippen molar-refractivity contribution in [2.24, 2.45) is 5.73 Å². The predicted molar refractivity (Wildman–Crippen MR) is 76.7 cm³/mol. The largest absolute Gasteiger partial charge is 0.497 e. The van der Waals surface area contributed by atoms with Gasteiger partial charge in [0.1, 0.15) is 12.4 Å². The second-order valence-electron chi connectivity index (χ2n) is 4.33. The highest BCUT2D eigenvalue weighted by molar-refractivity contribution is 5.93. The number of carbonyl (C=O) groups is 2. The molecule has 0 bridgehead atoms. The van der Waals surface area contributed by atoms with Crippen LogP contribution in [0.5, 0.6) is 5.75 Å². The van der Waals surface area contributed by atoms with E-state index in [4.69, 9.17) is 15.2 Å². The number of methoxy groups -OCH3 is 2. The molecule has 0 fully saturated rings. The Kier molecular flexibility index (Phi) is 6.42. The first-order valence-corrected chi connectivity index (χ1v) is 6.29. The Labute approximate surface area is 123 Å². The molecule has 0 amide bonds. The van der Waals surface area contributed by atoms with Crippen molar-refractivity contribution in [2.75, 3.05) is 20.8 Å². The maximum atomic E-state index is 11.5. The number of hydrogen-bond donors (Lipinski definition) is 1. The summed E-state index contributed by atoms with van der Waals surface area (Å²) in [7, 11) is 2.79. The lowest BCUT2D eigenvalue weighted by atomic mass is 10.1. The van der Waals surface area contributed by atoms with Crippen LogP contribution in [0.4, 0.5) is 0 Å². The minimum atomic E-state index is -0.633. The van der Waals surface area contributed by atoms with Gasteiger partial charge in [-0.1, -0.05) is 18.7 Å². The van der Waals surface area contributed by atoms with Gasteiger partial charge in [-0.2, -0.15) is 0 Å². The van der Waals surface area contributed by atoms with Crippen LogP contribution in [0.25, 0.3) is 0 Å². The lowest BCUT2D eigenvalue weighted by Gasteiger charge is -2.13. The molecule has 114 valence electrons. The Morgan fingerprint density at radius 1 is 1.24 bits per heavy atom. The molecular formula is C15H19NO5. The van der Waals surface area contributed by atoms with E-state index < -0.39 is 18.0 Å². The summed E-state index contributed by atoms with van der Waals surface area (Å²) in [6, 6.07) is 6.69. The first-order valence-electron chi connectivity index (χ1n) is 6.29. The van der Waals surface area contributed by atoms with Crippen LogP contribution in [-0.4, -0.2) is 32.8 Å². The maximum absolute atomic E-state index is 11.5. The molecule has 0 heterocycles. The lowest BCUT2D eigenvalue weighted by molar-refractivity contribution is -0.145. The van der Waals surface area contributed by atoms with Crippen LogP contribution in [0.15, 0.2) is 36.4 Å². The molecule has 6 nitrogen and oxygen atoms in total. The van der Waals surface area contributed by atoms with Gasteiger partial charge in [-0.05, 0) is 17.7 Å². The molecule has 1 aromatic rings. The zero-order chi connectivity index (χ0) is 15.8. The molecule has 0 aliphatic heterocycles. The molecule has 0 radical (unpaired) electrons. The van der Waals surface area contributed by atoms with Crippen molar-refractivity contribution in [3.63, 3.8) is 0 Å². The fourth-order valence-electron chi connectivity index (χ4n) is 1.57. The fraction of sp³-hybridized carbons (Fsp3) is 0.333. The van der Waals surface area contributed by atoms with Gasteiger partial charge in [0.15, 0.2) is 0 Å². The normalized spacial score (nSPS) is 11.4. The summed E-state index contributed by atoms with van der Waals surface area (Å²) >= 11 is 0. The van der Waals surface area contributed by atoms with Crippen LogP contribution in [0.1, 0.15) is 18.0 Å². The van der Waals surface area contributed by atoms with E-state index in [1.54, 1.807) is 31.4 Å². The zero-order valence-electron chi connectivity index (χ0n) is 12.1. The molecule has 0 aliphatic carbocycles. The SMILES string of the molecule is C=C(CC(=O)OC[C@@H](N)c1ccc(OC)cc1)C(=O)OC. The van der Waals surface area contributed by atoms with Crippen LogP contribution in [0, 0.1) is 0 Å². The van der Waals surface area contributed by atoms with Gasteiger partial charge in [-0.3, -0.25) is 4.79 Å². The van der Waals surface area contributed by atoms with Crippen LogP contribution < -0.4 is 10.5 Å². The van der Waals surface area contributed by atoms with Gasteiger partial charge in [0.2, 0.25) is 0 Å². The van der Waals surface area contributed by atoms with Gasteiger partial charge < -0.3 is 19.9 Å². The van der Waals surface area contributed by atoms with E-state index in [1.165, 1.54) is 7.11 Å². The van der Waals surface area contributed by atoms with Gasteiger partial charge in [-0.15, -0.1) is 0 Å². The van der Waals surface area contributed by atoms with E-state index in [-0.39, 0.29) is 18.6 Å². The third-order valence-electron chi connectivity index (χ3n) is 2.80. The second-order valence-corrected chi connectivity index (χ2v) is 4.33. The fourth-order valence-corrected chi connectivity index (χ4v) is 1.57. The second kappa shape index (κ2) is 8.06. The standard InChI is InChI=1S/C15H19NO5/c1-10(15(18)20-3)8-14(17)21-9-13(16)11-4-6-12(19-2)7-5-11/h4-7,13H,1,8-9,16H2,2-3H3/t13-/m1/s1. The van der Waals surface area contributed by atoms with Gasteiger partial charge in [0.25, 0.3) is 0 Å². The van der Waals surface area contributed by atoms with Crippen LogP contribution >= 0.6 is 0 Å². The number of carbonyl (C=O) groups excluding carboxylic acids is 2. The summed E-state index contributed by atoms with van der Waals surface area (Å²) in [4.78, 5) is 22.6. The van der Waals surface area contributed by atoms with Crippen molar-refractivity contribution >= 4 is 11.9 Å². The van der Waals surface area contributed by atoms with E-state index in [0.29, 0.717) is 0 Å². The van der Waals surface area contributed by atoms with Crippen molar-refractivity contribution < 1.29 is 23.8 Å². The molecule has 21 heavy (non-hydrogen) atoms. The molecule has 0 saturated carbocycles. The van der Waals surface area contributed by atoms with Crippen molar-refractivity contribution in [1.29, 1.82) is 0 Å². The highest BCUT2D eigenvalue weighted by Gasteiger charge is 2.15. The molecule has 0 aromatic heterocycles. The van der Waals surface area contributed by atoms with Gasteiger partial charge in [-0.25, -0.2) is 4.79 Å². The van der Waals surface area contributed by atoms with Crippen LogP contribution in [0.3, 0.4) is 0 Å². The summed E-state index contributed by atoms with van der Waals surface area (Å²) in [5, 5.41) is 0. The maximum Gasteiger partial charge on any atom is 0.333 e. The average Bonchev–Trinajstić information content (AvgIpc) is 2.51. The van der Waals surface area contributed by atoms with Crippen molar-refractivity contribution in [2.45, 2.75) is 12.5 Å². The van der Waals surface area contributed by atoms with E-state index in [1.807, 2.05) is 0 Å². The van der Waals surface area contributed by atoms with Crippen LogP contribution in [0.2, 0.25) is 0 Å². The third-order valence-corrected chi connectivity index (χ3v) is 2.80. The summed E-state index contributed by atoms with van der Waals surface area (Å²) in [5.41, 5.74) is 6.78. The van der Waals surface area contributed by atoms with Crippen molar-refractivity contribution in [3.05, 3.63) is 42.0 Å². The first kappa shape index (κ1) is 16.7. The van der Waals surface area contributed by atoms with E-state index in [2.05, 4.69) is 11.3 Å².